The zero-order valence-electron chi connectivity index (χ0n) is 12.9. The summed E-state index contributed by atoms with van der Waals surface area (Å²) in [6.07, 6.45) is 5.05. The second kappa shape index (κ2) is 7.17. The monoisotopic (exact) mass is 305 g/mol. The molecule has 2 aliphatic rings. The highest BCUT2D eigenvalue weighted by Gasteiger charge is 2.41. The largest absolute Gasteiger partial charge is 0.383 e. The van der Waals surface area contributed by atoms with E-state index in [2.05, 4.69) is 15.2 Å². The molecule has 2 fully saturated rings. The Morgan fingerprint density at radius 2 is 2.50 bits per heavy atom. The van der Waals surface area contributed by atoms with Crippen LogP contribution in [0.2, 0.25) is 0 Å². The second-order valence-electron chi connectivity index (χ2n) is 5.97. The number of piperidine rings is 1. The Morgan fingerprint density at radius 1 is 1.59 bits per heavy atom. The van der Waals surface area contributed by atoms with E-state index in [0.717, 1.165) is 39.1 Å². The fraction of sp³-hybridized carbons (Fsp3) is 0.625. The molecule has 0 radical (unpaired) electrons. The number of pyridine rings is 1. The molecule has 0 bridgehead atoms. The zero-order valence-corrected chi connectivity index (χ0v) is 12.9. The molecule has 6 nitrogen and oxygen atoms in total. The van der Waals surface area contributed by atoms with E-state index in [1.807, 2.05) is 6.07 Å². The van der Waals surface area contributed by atoms with E-state index in [0.29, 0.717) is 11.6 Å². The van der Waals surface area contributed by atoms with Crippen LogP contribution >= 0.6 is 0 Å². The molecule has 3 heterocycles. The fourth-order valence-electron chi connectivity index (χ4n) is 3.25. The Hall–Kier alpha value is -1.50. The van der Waals surface area contributed by atoms with E-state index in [9.17, 15) is 4.79 Å². The highest BCUT2D eigenvalue weighted by atomic mass is 16.5. The first kappa shape index (κ1) is 15.4. The number of nitrogens with one attached hydrogen (secondary N) is 1. The van der Waals surface area contributed by atoms with Gasteiger partial charge < -0.3 is 14.8 Å². The van der Waals surface area contributed by atoms with Crippen LogP contribution in [0.5, 0.6) is 0 Å². The number of fused-ring (bicyclic) bond motifs is 1. The highest BCUT2D eigenvalue weighted by molar-refractivity contribution is 5.94. The van der Waals surface area contributed by atoms with Gasteiger partial charge in [0.15, 0.2) is 0 Å². The Bertz CT molecular complexity index is 497. The molecule has 0 aliphatic carbocycles. The molecule has 1 amide bonds. The molecule has 3 atom stereocenters. The number of ether oxygens (including phenoxy) is 2. The van der Waals surface area contributed by atoms with Crippen LogP contribution in [0.3, 0.4) is 0 Å². The summed E-state index contributed by atoms with van der Waals surface area (Å²) in [7, 11) is 1.72. The second-order valence-corrected chi connectivity index (χ2v) is 5.97. The van der Waals surface area contributed by atoms with Crippen molar-refractivity contribution in [3.8, 4) is 0 Å². The van der Waals surface area contributed by atoms with Gasteiger partial charge in [0, 0.05) is 26.4 Å². The van der Waals surface area contributed by atoms with Gasteiger partial charge in [0.05, 0.1) is 24.6 Å². The van der Waals surface area contributed by atoms with Gasteiger partial charge in [0.1, 0.15) is 6.10 Å². The van der Waals surface area contributed by atoms with E-state index in [-0.39, 0.29) is 18.1 Å². The van der Waals surface area contributed by atoms with Crippen LogP contribution in [0.15, 0.2) is 24.5 Å². The van der Waals surface area contributed by atoms with Crippen LogP contribution in [0.4, 0.5) is 5.69 Å². The zero-order chi connectivity index (χ0) is 15.4. The highest BCUT2D eigenvalue weighted by Crippen LogP contribution is 2.33. The molecule has 22 heavy (non-hydrogen) atoms. The molecule has 1 aromatic heterocycles. The molecule has 2 aliphatic heterocycles. The Morgan fingerprint density at radius 3 is 3.27 bits per heavy atom. The molecule has 0 unspecified atom stereocenters. The van der Waals surface area contributed by atoms with Crippen LogP contribution in [-0.2, 0) is 14.3 Å². The van der Waals surface area contributed by atoms with Crippen molar-refractivity contribution in [1.29, 1.82) is 0 Å². The normalized spacial score (nSPS) is 28.3. The molecule has 3 rings (SSSR count). The number of aromatic nitrogens is 1. The third-order valence-electron chi connectivity index (χ3n) is 4.47. The number of nitrogens with zero attached hydrogens (tertiary/aromatic N) is 2. The Labute approximate surface area is 130 Å². The van der Waals surface area contributed by atoms with Crippen molar-refractivity contribution in [2.24, 2.45) is 5.92 Å². The van der Waals surface area contributed by atoms with Crippen LogP contribution in [0.1, 0.15) is 12.8 Å². The van der Waals surface area contributed by atoms with Gasteiger partial charge in [-0.15, -0.1) is 0 Å². The average molecular weight is 305 g/mol. The molecular formula is C16H23N3O3. The van der Waals surface area contributed by atoms with Crippen LogP contribution in [-0.4, -0.2) is 61.3 Å². The smallest absolute Gasteiger partial charge is 0.253 e. The van der Waals surface area contributed by atoms with E-state index >= 15 is 0 Å². The summed E-state index contributed by atoms with van der Waals surface area (Å²) in [6.45, 7) is 3.62. The summed E-state index contributed by atoms with van der Waals surface area (Å²) in [6, 6.07) is 3.64. The number of hydrogen-bond donors (Lipinski definition) is 1. The van der Waals surface area contributed by atoms with Crippen molar-refractivity contribution in [2.75, 3.05) is 38.7 Å². The minimum Gasteiger partial charge on any atom is -0.383 e. The number of amides is 1. The maximum absolute atomic E-state index is 12.3. The van der Waals surface area contributed by atoms with Crippen molar-refractivity contribution in [3.63, 3.8) is 0 Å². The average Bonchev–Trinajstić information content (AvgIpc) is 2.97. The number of anilines is 1. The molecule has 0 spiro atoms. The topological polar surface area (TPSA) is 63.7 Å². The fourth-order valence-corrected chi connectivity index (χ4v) is 3.25. The van der Waals surface area contributed by atoms with E-state index in [4.69, 9.17) is 9.47 Å². The first-order chi connectivity index (χ1) is 10.8. The number of carbonyl (C=O) groups is 1. The maximum Gasteiger partial charge on any atom is 0.253 e. The van der Waals surface area contributed by atoms with E-state index in [1.54, 1.807) is 25.6 Å². The maximum atomic E-state index is 12.3. The summed E-state index contributed by atoms with van der Waals surface area (Å²) < 4.78 is 11.1. The standard InChI is InChI=1S/C16H23N3O3/c1-21-8-7-19-6-4-12-9-14(22-15(12)11-19)16(20)18-13-3-2-5-17-10-13/h2-3,5,10,12,14-15H,4,6-9,11H2,1H3,(H,18,20)/t12-,14-,15-/m1/s1. The minimum atomic E-state index is -0.349. The molecule has 1 aromatic rings. The number of methoxy groups -OCH3 is 1. The lowest BCUT2D eigenvalue weighted by atomic mass is 9.91. The third-order valence-corrected chi connectivity index (χ3v) is 4.47. The van der Waals surface area contributed by atoms with Crippen molar-refractivity contribution < 1.29 is 14.3 Å². The SMILES string of the molecule is COCCN1CC[C@@H]2C[C@H](C(=O)Nc3cccnc3)O[C@@H]2C1. The van der Waals surface area contributed by atoms with E-state index in [1.165, 1.54) is 0 Å². The summed E-state index contributed by atoms with van der Waals surface area (Å²) >= 11 is 0. The van der Waals surface area contributed by atoms with Gasteiger partial charge in [-0.25, -0.2) is 0 Å². The van der Waals surface area contributed by atoms with Gasteiger partial charge in [-0.3, -0.25) is 14.7 Å². The lowest BCUT2D eigenvalue weighted by Crippen LogP contribution is -2.43. The molecule has 6 heteroatoms. The Kier molecular flexibility index (Phi) is 5.02. The van der Waals surface area contributed by atoms with Crippen molar-refractivity contribution >= 4 is 11.6 Å². The van der Waals surface area contributed by atoms with Gasteiger partial charge in [0.25, 0.3) is 5.91 Å². The van der Waals surface area contributed by atoms with Gasteiger partial charge in [-0.1, -0.05) is 0 Å². The predicted octanol–water partition coefficient (Wildman–Crippen LogP) is 1.15. The van der Waals surface area contributed by atoms with Crippen LogP contribution < -0.4 is 5.32 Å². The van der Waals surface area contributed by atoms with Crippen molar-refractivity contribution in [1.82, 2.24) is 9.88 Å². The summed E-state index contributed by atoms with van der Waals surface area (Å²) in [5, 5.41) is 2.88. The first-order valence-corrected chi connectivity index (χ1v) is 7.84. The first-order valence-electron chi connectivity index (χ1n) is 7.84. The van der Waals surface area contributed by atoms with E-state index < -0.39 is 0 Å². The summed E-state index contributed by atoms with van der Waals surface area (Å²) in [5.74, 6) is 0.425. The molecular weight excluding hydrogens is 282 g/mol. The molecule has 1 N–H and O–H groups in total. The quantitative estimate of drug-likeness (QED) is 0.884. The van der Waals surface area contributed by atoms with Gasteiger partial charge in [0.2, 0.25) is 0 Å². The molecule has 2 saturated heterocycles. The lowest BCUT2D eigenvalue weighted by Gasteiger charge is -2.33. The number of hydrogen-bond acceptors (Lipinski definition) is 5. The Balaban J connectivity index is 1.52. The molecule has 0 saturated carbocycles. The summed E-state index contributed by atoms with van der Waals surface area (Å²) in [5.41, 5.74) is 0.715. The van der Waals surface area contributed by atoms with Crippen LogP contribution in [0, 0.1) is 5.92 Å². The van der Waals surface area contributed by atoms with Gasteiger partial charge in [-0.2, -0.15) is 0 Å². The predicted molar refractivity (Wildman–Crippen MR) is 82.6 cm³/mol. The van der Waals surface area contributed by atoms with Crippen LogP contribution in [0.25, 0.3) is 0 Å². The number of likely N-dealkylation sites (tertiary alicyclic amines) is 1. The van der Waals surface area contributed by atoms with Gasteiger partial charge >= 0.3 is 0 Å². The number of rotatable bonds is 5. The van der Waals surface area contributed by atoms with Gasteiger partial charge in [-0.05, 0) is 37.4 Å². The summed E-state index contributed by atoms with van der Waals surface area (Å²) in [4.78, 5) is 18.7. The number of carbonyl (C=O) groups excluding carboxylic acids is 1. The lowest BCUT2D eigenvalue weighted by molar-refractivity contribution is -0.127. The molecule has 0 aromatic carbocycles. The van der Waals surface area contributed by atoms with Crippen molar-refractivity contribution in [3.05, 3.63) is 24.5 Å². The minimum absolute atomic E-state index is 0.0640. The third kappa shape index (κ3) is 3.63. The molecule has 120 valence electrons. The van der Waals surface area contributed by atoms with Crippen molar-refractivity contribution in [2.45, 2.75) is 25.0 Å².